The van der Waals surface area contributed by atoms with Crippen molar-refractivity contribution >= 4 is 59.1 Å². The molecule has 5 aliphatic rings. The molecule has 32 nitrogen and oxygen atoms in total. The van der Waals surface area contributed by atoms with Crippen LogP contribution >= 0.6 is 11.8 Å². The molecule has 0 spiro atoms. The minimum atomic E-state index is -2.84. The summed E-state index contributed by atoms with van der Waals surface area (Å²) >= 11 is 1.08. The number of carbonyl (C=O) groups excluding carboxylic acids is 6. The van der Waals surface area contributed by atoms with Crippen LogP contribution in [0.3, 0.4) is 0 Å². The molecule has 0 saturated carbocycles. The Kier molecular flexibility index (Phi) is 25.1. The number of anilines is 1. The molecule has 89 heavy (non-hydrogen) atoms. The molecule has 0 radical (unpaired) electrons. The number of thioether (sulfide) groups is 1. The number of amides is 5. The molecule has 4 bridgehead atoms. The molecule has 5 heterocycles. The van der Waals surface area contributed by atoms with Gasteiger partial charge in [-0.3, -0.25) is 24.5 Å². The van der Waals surface area contributed by atoms with Gasteiger partial charge in [0.25, 0.3) is 5.79 Å². The molecule has 6 rings (SSSR count). The average molecular weight is 1280 g/mol. The van der Waals surface area contributed by atoms with Crippen molar-refractivity contribution in [1.29, 1.82) is 0 Å². The van der Waals surface area contributed by atoms with Gasteiger partial charge in [0.1, 0.15) is 72.3 Å². The van der Waals surface area contributed by atoms with Gasteiger partial charge in [-0.1, -0.05) is 35.8 Å². The van der Waals surface area contributed by atoms with Gasteiger partial charge in [-0.05, 0) is 50.4 Å². The number of azide groups is 1. The Morgan fingerprint density at radius 2 is 1.78 bits per heavy atom. The number of likely N-dealkylation sites (N-methyl/N-ethyl adjacent to an activating group) is 1. The van der Waals surface area contributed by atoms with E-state index in [1.165, 1.54) is 38.0 Å². The monoisotopic (exact) mass is 1280 g/mol. The Morgan fingerprint density at radius 1 is 1.06 bits per heavy atom. The number of ether oxygens (including phenoxy) is 9. The van der Waals surface area contributed by atoms with Gasteiger partial charge in [-0.25, -0.2) is 14.4 Å². The van der Waals surface area contributed by atoms with Crippen LogP contribution in [-0.2, 0) is 73.1 Å². The van der Waals surface area contributed by atoms with Crippen LogP contribution in [0.5, 0.6) is 5.75 Å². The second-order valence-corrected chi connectivity index (χ2v) is 23.9. The number of nitrogens with zero attached hydrogens (tertiary/aromatic N) is 5. The van der Waals surface area contributed by atoms with E-state index in [4.69, 9.17) is 48.2 Å². The molecule has 1 aromatic rings. The quantitative estimate of drug-likeness (QED) is 0.0147. The maximum atomic E-state index is 14.3. The topological polar surface area (TPSA) is 459 Å². The van der Waals surface area contributed by atoms with Gasteiger partial charge >= 0.3 is 18.0 Å². The summed E-state index contributed by atoms with van der Waals surface area (Å²) in [6.45, 7) is 5.65. The molecule has 496 valence electrons. The van der Waals surface area contributed by atoms with Crippen LogP contribution in [0.25, 0.3) is 10.4 Å². The van der Waals surface area contributed by atoms with E-state index in [1.807, 2.05) is 25.1 Å². The second kappa shape index (κ2) is 31.2. The number of fused-ring (bicyclic) bond motifs is 5. The van der Waals surface area contributed by atoms with Gasteiger partial charge < -0.3 is 104 Å². The highest BCUT2D eigenvalue weighted by Gasteiger charge is 2.65. The van der Waals surface area contributed by atoms with Crippen LogP contribution < -0.4 is 25.6 Å². The van der Waals surface area contributed by atoms with E-state index in [1.54, 1.807) is 39.1 Å². The highest BCUT2D eigenvalue weighted by Crippen LogP contribution is 2.49. The summed E-state index contributed by atoms with van der Waals surface area (Å²) in [7, 11) is 5.86. The fraction of sp³-hybridized carbons (Fsp3) is 0.696. The number of alkyl carbamates (subject to hydrolysis) is 1. The van der Waals surface area contributed by atoms with Crippen LogP contribution in [-0.4, -0.2) is 262 Å². The normalized spacial score (nSPS) is 34.2. The van der Waals surface area contributed by atoms with E-state index in [2.05, 4.69) is 26.0 Å². The molecule has 4 saturated heterocycles. The number of aliphatic hydroxyl groups excluding tert-OH is 6. The van der Waals surface area contributed by atoms with E-state index in [0.717, 1.165) is 29.8 Å². The van der Waals surface area contributed by atoms with Gasteiger partial charge in [0, 0.05) is 82.3 Å². The van der Waals surface area contributed by atoms with Crippen molar-refractivity contribution in [2.45, 2.75) is 175 Å². The first-order valence-electron chi connectivity index (χ1n) is 28.6. The molecule has 1 aromatic carbocycles. The summed E-state index contributed by atoms with van der Waals surface area (Å²) in [5.41, 5.74) is 7.63. The Bertz CT molecular complexity index is 2820. The molecule has 33 heteroatoms. The standard InChI is InChI=1S/C56H82N8O24S/c1-27-11-10-12-38(81-9)55(79)23-36(85-53(78)61-55)28(2)49-54(5,88-49)39(21-42(70)64(7)32-18-31(17-27)19-33(20-32)80-8)86-50(75)29(3)63(6)41(69)13-16-89-26-40(68)58-14-15-82-51-47(74)46(73)45(72)37(84-51)25-83-56(52(76)77)22-34(66)43(60-30(4)65)48(87-56)44(71)35(67)24-59-62-57/h10-12,18-20,28-29,34-39,43-49,51,66-67,71-74,79H,13-17,21-26H2,1-9H3,(H,58,68)(H,60,65)(H,61,78)(H,76,77)/b12-10+,27-11+. The summed E-state index contributed by atoms with van der Waals surface area (Å²) < 4.78 is 51.7. The first-order valence-corrected chi connectivity index (χ1v) is 29.8. The lowest BCUT2D eigenvalue weighted by molar-refractivity contribution is -0.338. The Hall–Kier alpha value is -6.27. The number of hydrogen-bond donors (Lipinski definition) is 11. The summed E-state index contributed by atoms with van der Waals surface area (Å²) in [5, 5.41) is 97.1. The van der Waals surface area contributed by atoms with Gasteiger partial charge in [0.2, 0.25) is 23.6 Å². The lowest BCUT2D eigenvalue weighted by atomic mass is 9.83. The predicted molar refractivity (Wildman–Crippen MR) is 309 cm³/mol. The molecular formula is C56H82N8O24S. The van der Waals surface area contributed by atoms with E-state index >= 15 is 0 Å². The first-order chi connectivity index (χ1) is 41.9. The number of carboxylic acids is 1. The van der Waals surface area contributed by atoms with Crippen LogP contribution in [0.4, 0.5) is 10.5 Å². The summed E-state index contributed by atoms with van der Waals surface area (Å²) in [4.78, 5) is 97.5. The zero-order chi connectivity index (χ0) is 65.9. The number of esters is 1. The zero-order valence-electron chi connectivity index (χ0n) is 50.7. The van der Waals surface area contributed by atoms with Crippen molar-refractivity contribution < 1.29 is 117 Å². The highest BCUT2D eigenvalue weighted by molar-refractivity contribution is 7.99. The van der Waals surface area contributed by atoms with E-state index in [0.29, 0.717) is 17.9 Å². The SMILES string of the molecule is COc1cc2cc(c1)N(C)C(=O)CC(OC(=O)C(C)N(C)C(=O)CCSCC(=O)NCCOC1OC(COC3(C(=O)O)CC(O)C(NC(C)=O)C(C(O)C(O)CN=[N+]=[N-])O3)C(O)C(O)C1O)C1(C)OC1C(C)C1CC(O)(NC(=O)O1)C(OC)/C=C/C=C(\C)C2. The number of rotatable bonds is 23. The molecular weight excluding hydrogens is 1200 g/mol. The molecule has 4 fully saturated rings. The van der Waals surface area contributed by atoms with Crippen molar-refractivity contribution in [2.24, 2.45) is 11.0 Å². The molecule has 19 atom stereocenters. The Morgan fingerprint density at radius 3 is 2.44 bits per heavy atom. The average Bonchev–Trinajstić information content (AvgIpc) is 1.62. The third kappa shape index (κ3) is 17.8. The van der Waals surface area contributed by atoms with Crippen molar-refractivity contribution in [3.05, 3.63) is 58.0 Å². The van der Waals surface area contributed by atoms with E-state index < -0.39 is 176 Å². The molecule has 5 aliphatic heterocycles. The molecule has 11 N–H and O–H groups in total. The van der Waals surface area contributed by atoms with Crippen LogP contribution in [0.1, 0.15) is 65.9 Å². The summed E-state index contributed by atoms with van der Waals surface area (Å²) in [5.74, 6) is -7.92. The second-order valence-electron chi connectivity index (χ2n) is 22.8. The lowest BCUT2D eigenvalue weighted by Gasteiger charge is -2.47. The van der Waals surface area contributed by atoms with Gasteiger partial charge in [0.15, 0.2) is 12.0 Å². The van der Waals surface area contributed by atoms with Crippen molar-refractivity contribution in [3.63, 3.8) is 0 Å². The Balaban J connectivity index is 1.01. The molecule has 0 aromatic heterocycles. The van der Waals surface area contributed by atoms with Gasteiger partial charge in [-0.15, -0.1) is 0 Å². The lowest BCUT2D eigenvalue weighted by Crippen LogP contribution is -2.68. The van der Waals surface area contributed by atoms with Gasteiger partial charge in [-0.2, -0.15) is 11.8 Å². The Labute approximate surface area is 516 Å². The van der Waals surface area contributed by atoms with Gasteiger partial charge in [0.05, 0.1) is 63.4 Å². The maximum absolute atomic E-state index is 14.3. The maximum Gasteiger partial charge on any atom is 0.409 e. The minimum Gasteiger partial charge on any atom is -0.497 e. The van der Waals surface area contributed by atoms with Crippen LogP contribution in [0, 0.1) is 5.92 Å². The molecule has 5 amide bonds. The van der Waals surface area contributed by atoms with Crippen molar-refractivity contribution in [1.82, 2.24) is 20.9 Å². The number of aliphatic carboxylic acids is 1. The molecule has 0 aliphatic carbocycles. The fourth-order valence-corrected chi connectivity index (χ4v) is 11.6. The van der Waals surface area contributed by atoms with Crippen LogP contribution in [0.15, 0.2) is 47.1 Å². The van der Waals surface area contributed by atoms with Crippen molar-refractivity contribution in [2.75, 3.05) is 71.0 Å². The minimum absolute atomic E-state index is 0.124. The fourth-order valence-electron chi connectivity index (χ4n) is 10.9. The van der Waals surface area contributed by atoms with E-state index in [-0.39, 0.29) is 43.9 Å². The number of allylic oxidation sites excluding steroid dienone is 3. The highest BCUT2D eigenvalue weighted by atomic mass is 32.2. The molecule has 19 unspecified atom stereocenters. The third-order valence-electron chi connectivity index (χ3n) is 16.3. The number of carboxylic acid groups (broad SMARTS) is 1. The number of carbonyl (C=O) groups is 7. The first kappa shape index (κ1) is 71.8. The largest absolute Gasteiger partial charge is 0.497 e. The van der Waals surface area contributed by atoms with Crippen molar-refractivity contribution in [3.8, 4) is 5.75 Å². The smallest absolute Gasteiger partial charge is 0.409 e. The summed E-state index contributed by atoms with van der Waals surface area (Å²) in [6.07, 6.45) is -17.5. The predicted octanol–water partition coefficient (Wildman–Crippen LogP) is -1.59. The van der Waals surface area contributed by atoms with E-state index in [9.17, 15) is 74.4 Å². The third-order valence-corrected chi connectivity index (χ3v) is 17.3. The summed E-state index contributed by atoms with van der Waals surface area (Å²) in [6, 6.07) is 2.65. The number of hydrogen-bond acceptors (Lipinski definition) is 25. The van der Waals surface area contributed by atoms with Crippen LogP contribution in [0.2, 0.25) is 0 Å². The number of methoxy groups -OCH3 is 2. The number of nitrogens with one attached hydrogen (secondary N) is 3. The number of aliphatic hydroxyl groups is 7. The number of epoxide rings is 1. The zero-order valence-corrected chi connectivity index (χ0v) is 51.6. The number of benzene rings is 1.